The number of halogens is 2. The van der Waals surface area contributed by atoms with Crippen LogP contribution in [0.3, 0.4) is 0 Å². The fraction of sp³-hybridized carbons (Fsp3) is 0.318. The van der Waals surface area contributed by atoms with Crippen LogP contribution in [0.4, 0.5) is 14.6 Å². The molecule has 162 valence electrons. The number of nitrogens with zero attached hydrogens (tertiary/aromatic N) is 6. The number of hydrogen-bond acceptors (Lipinski definition) is 7. The van der Waals surface area contributed by atoms with Crippen LogP contribution < -0.4 is 5.32 Å². The van der Waals surface area contributed by atoms with E-state index in [2.05, 4.69) is 30.6 Å². The van der Waals surface area contributed by atoms with Crippen molar-refractivity contribution in [2.75, 3.05) is 5.32 Å². The third kappa shape index (κ3) is 2.72. The van der Waals surface area contributed by atoms with Crippen molar-refractivity contribution in [1.82, 2.24) is 29.9 Å². The Morgan fingerprint density at radius 2 is 1.94 bits per heavy atom. The van der Waals surface area contributed by atoms with E-state index < -0.39 is 17.5 Å². The lowest BCUT2D eigenvalue weighted by Crippen LogP contribution is -2.26. The van der Waals surface area contributed by atoms with E-state index in [0.29, 0.717) is 33.8 Å². The Morgan fingerprint density at radius 1 is 1.12 bits per heavy atom. The number of aryl methyl sites for hydroxylation is 2. The van der Waals surface area contributed by atoms with Gasteiger partial charge in [0.2, 0.25) is 5.82 Å². The Bertz CT molecular complexity index is 1410. The molecular formula is C22H19F2N7O. The predicted octanol–water partition coefficient (Wildman–Crippen LogP) is 3.00. The Kier molecular flexibility index (Phi) is 3.89. The van der Waals surface area contributed by atoms with Crippen molar-refractivity contribution < 1.29 is 13.9 Å². The maximum atomic E-state index is 14.5. The van der Waals surface area contributed by atoms with Crippen LogP contribution in [0.2, 0.25) is 0 Å². The second-order valence-electron chi connectivity index (χ2n) is 8.56. The molecule has 2 N–H and O–H groups in total. The van der Waals surface area contributed by atoms with Gasteiger partial charge in [0.05, 0.1) is 23.0 Å². The number of anilines is 1. The minimum Gasteiger partial charge on any atom is -0.373 e. The first-order valence-corrected chi connectivity index (χ1v) is 10.3. The number of aliphatic hydroxyl groups excluding tert-OH is 1. The van der Waals surface area contributed by atoms with E-state index in [-0.39, 0.29) is 23.9 Å². The van der Waals surface area contributed by atoms with E-state index in [9.17, 15) is 13.9 Å². The summed E-state index contributed by atoms with van der Waals surface area (Å²) in [6.45, 7) is 3.49. The lowest BCUT2D eigenvalue weighted by atomic mass is 10.0. The van der Waals surface area contributed by atoms with Crippen molar-refractivity contribution in [3.05, 3.63) is 58.4 Å². The number of nitrogens with one attached hydrogen (secondary N) is 1. The number of benzene rings is 1. The zero-order valence-corrected chi connectivity index (χ0v) is 17.4. The Hall–Kier alpha value is -3.53. The average molecular weight is 435 g/mol. The van der Waals surface area contributed by atoms with Crippen LogP contribution in [-0.2, 0) is 12.0 Å². The highest BCUT2D eigenvalue weighted by Gasteiger charge is 2.58. The summed E-state index contributed by atoms with van der Waals surface area (Å²) in [6.07, 6.45) is 0.880. The number of aliphatic hydroxyl groups is 1. The molecule has 1 aromatic carbocycles. The molecule has 0 amide bonds. The fourth-order valence-electron chi connectivity index (χ4n) is 4.28. The molecule has 1 aliphatic carbocycles. The maximum absolute atomic E-state index is 14.5. The standard InChI is InChI=1S/C22H19F2N7O/c1-10-3-4-12(15(24)7-10)9-31-20-13(8-14(23)11(2)25-20)16(30-31)18-26-19-17(28-29-18)22(5-6-22)21(32)27-19/h3-4,7-8,21,32H,5-6,9H2,1-2H3,(H,26,27,29). The topological polar surface area (TPSA) is 102 Å². The molecule has 6 rings (SSSR count). The van der Waals surface area contributed by atoms with E-state index in [4.69, 9.17) is 0 Å². The summed E-state index contributed by atoms with van der Waals surface area (Å²) in [6, 6.07) is 6.31. The van der Waals surface area contributed by atoms with Gasteiger partial charge in [-0.25, -0.2) is 23.4 Å². The van der Waals surface area contributed by atoms with Crippen LogP contribution in [0.15, 0.2) is 24.3 Å². The molecular weight excluding hydrogens is 416 g/mol. The van der Waals surface area contributed by atoms with Crippen molar-refractivity contribution in [2.45, 2.75) is 44.9 Å². The van der Waals surface area contributed by atoms with Crippen molar-refractivity contribution in [2.24, 2.45) is 0 Å². The highest BCUT2D eigenvalue weighted by Crippen LogP contribution is 2.55. The molecule has 1 atom stereocenters. The number of aromatic nitrogens is 6. The van der Waals surface area contributed by atoms with Gasteiger partial charge in [-0.05, 0) is 44.4 Å². The van der Waals surface area contributed by atoms with Crippen molar-refractivity contribution in [3.63, 3.8) is 0 Å². The van der Waals surface area contributed by atoms with Gasteiger partial charge in [-0.15, -0.1) is 10.2 Å². The van der Waals surface area contributed by atoms with Crippen LogP contribution in [0.1, 0.15) is 35.4 Å². The number of fused-ring (bicyclic) bond motifs is 3. The summed E-state index contributed by atoms with van der Waals surface area (Å²) in [7, 11) is 0. The molecule has 1 spiro atoms. The molecule has 0 saturated heterocycles. The summed E-state index contributed by atoms with van der Waals surface area (Å²) in [5.74, 6) is -0.205. The summed E-state index contributed by atoms with van der Waals surface area (Å²) in [5, 5.41) is 26.8. The van der Waals surface area contributed by atoms with Crippen LogP contribution >= 0.6 is 0 Å². The summed E-state index contributed by atoms with van der Waals surface area (Å²) in [5.41, 5.74) is 2.38. The summed E-state index contributed by atoms with van der Waals surface area (Å²) in [4.78, 5) is 8.87. The second-order valence-corrected chi connectivity index (χ2v) is 8.56. The third-order valence-corrected chi connectivity index (χ3v) is 6.34. The van der Waals surface area contributed by atoms with E-state index in [1.165, 1.54) is 16.8 Å². The molecule has 1 unspecified atom stereocenters. The van der Waals surface area contributed by atoms with Crippen LogP contribution in [0.5, 0.6) is 0 Å². The van der Waals surface area contributed by atoms with Crippen molar-refractivity contribution in [1.29, 1.82) is 0 Å². The average Bonchev–Trinajstić information content (AvgIpc) is 3.43. The van der Waals surface area contributed by atoms with Crippen LogP contribution in [0.25, 0.3) is 22.6 Å². The Labute approximate surface area is 181 Å². The molecule has 32 heavy (non-hydrogen) atoms. The Balaban J connectivity index is 1.49. The minimum absolute atomic E-state index is 0.110. The van der Waals surface area contributed by atoms with E-state index in [1.54, 1.807) is 13.0 Å². The SMILES string of the molecule is Cc1ccc(Cn2nc(-c3nnc4c(n3)NC(O)C43CC3)c3cc(F)c(C)nc32)c(F)c1. The molecule has 1 aliphatic heterocycles. The number of pyridine rings is 1. The largest absolute Gasteiger partial charge is 0.373 e. The second kappa shape index (κ2) is 6.49. The molecule has 0 bridgehead atoms. The Morgan fingerprint density at radius 3 is 2.69 bits per heavy atom. The highest BCUT2D eigenvalue weighted by atomic mass is 19.1. The van der Waals surface area contributed by atoms with Gasteiger partial charge in [-0.2, -0.15) is 5.10 Å². The first-order valence-electron chi connectivity index (χ1n) is 10.3. The van der Waals surface area contributed by atoms with Gasteiger partial charge in [-0.1, -0.05) is 12.1 Å². The van der Waals surface area contributed by atoms with Crippen LogP contribution in [-0.4, -0.2) is 41.3 Å². The van der Waals surface area contributed by atoms with Gasteiger partial charge in [0, 0.05) is 5.56 Å². The fourth-order valence-corrected chi connectivity index (χ4v) is 4.28. The van der Waals surface area contributed by atoms with Gasteiger partial charge in [0.15, 0.2) is 11.5 Å². The van der Waals surface area contributed by atoms with E-state index in [1.807, 2.05) is 13.0 Å². The molecule has 1 saturated carbocycles. The summed E-state index contributed by atoms with van der Waals surface area (Å²) < 4.78 is 30.4. The quantitative estimate of drug-likeness (QED) is 0.510. The number of rotatable bonds is 3. The normalized spacial score (nSPS) is 18.2. The molecule has 4 heterocycles. The van der Waals surface area contributed by atoms with Crippen LogP contribution in [0, 0.1) is 25.5 Å². The lowest BCUT2D eigenvalue weighted by molar-refractivity contribution is 0.168. The molecule has 8 nitrogen and oxygen atoms in total. The highest BCUT2D eigenvalue weighted by molar-refractivity contribution is 5.89. The van der Waals surface area contributed by atoms with Gasteiger partial charge in [0.25, 0.3) is 0 Å². The molecule has 3 aromatic heterocycles. The van der Waals surface area contributed by atoms with Crippen molar-refractivity contribution >= 4 is 16.9 Å². The maximum Gasteiger partial charge on any atom is 0.204 e. The molecule has 2 aliphatic rings. The smallest absolute Gasteiger partial charge is 0.204 e. The molecule has 0 radical (unpaired) electrons. The number of hydrogen-bond donors (Lipinski definition) is 2. The first-order chi connectivity index (χ1) is 15.4. The first kappa shape index (κ1) is 19.2. The monoisotopic (exact) mass is 435 g/mol. The third-order valence-electron chi connectivity index (χ3n) is 6.34. The van der Waals surface area contributed by atoms with Crippen molar-refractivity contribution in [3.8, 4) is 11.5 Å². The zero-order valence-electron chi connectivity index (χ0n) is 17.4. The van der Waals surface area contributed by atoms with E-state index in [0.717, 1.165) is 18.4 Å². The molecule has 4 aromatic rings. The molecule has 1 fully saturated rings. The predicted molar refractivity (Wildman–Crippen MR) is 112 cm³/mol. The summed E-state index contributed by atoms with van der Waals surface area (Å²) >= 11 is 0. The minimum atomic E-state index is -0.755. The van der Waals surface area contributed by atoms with Gasteiger partial charge in [0.1, 0.15) is 29.3 Å². The van der Waals surface area contributed by atoms with Gasteiger partial charge >= 0.3 is 0 Å². The zero-order chi connectivity index (χ0) is 22.2. The van der Waals surface area contributed by atoms with Gasteiger partial charge in [-0.3, -0.25) is 0 Å². The van der Waals surface area contributed by atoms with E-state index >= 15 is 0 Å². The molecule has 10 heteroatoms. The lowest BCUT2D eigenvalue weighted by Gasteiger charge is -2.09. The van der Waals surface area contributed by atoms with Gasteiger partial charge < -0.3 is 10.4 Å².